The Bertz CT molecular complexity index is 759. The number of amides is 1. The molecule has 11 heteroatoms. The van der Waals surface area contributed by atoms with Crippen molar-refractivity contribution in [1.29, 1.82) is 0 Å². The zero-order chi connectivity index (χ0) is 18.7. The maximum absolute atomic E-state index is 13.0. The van der Waals surface area contributed by atoms with Crippen LogP contribution in [0.25, 0.3) is 10.7 Å². The first-order valence-corrected chi connectivity index (χ1v) is 10.2. The van der Waals surface area contributed by atoms with Crippen LogP contribution >= 0.6 is 36.2 Å². The summed E-state index contributed by atoms with van der Waals surface area (Å²) < 4.78 is 11.1. The highest BCUT2D eigenvalue weighted by Gasteiger charge is 2.43. The first-order valence-electron chi connectivity index (χ1n) is 9.34. The highest BCUT2D eigenvalue weighted by molar-refractivity contribution is 7.13. The molecule has 2 aromatic rings. The number of hydrogen-bond acceptors (Lipinski definition) is 8. The van der Waals surface area contributed by atoms with Crippen LogP contribution in [0.5, 0.6) is 0 Å². The number of nitrogens with one attached hydrogen (secondary N) is 1. The van der Waals surface area contributed by atoms with Gasteiger partial charge in [0.2, 0.25) is 11.7 Å². The number of halogens is 2. The minimum absolute atomic E-state index is 0. The fraction of sp³-hybridized carbons (Fsp3) is 0.611. The molecule has 4 rings (SSSR count). The zero-order valence-electron chi connectivity index (χ0n) is 16.3. The lowest BCUT2D eigenvalue weighted by atomic mass is 9.90. The molecule has 8 nitrogen and oxygen atoms in total. The lowest BCUT2D eigenvalue weighted by Crippen LogP contribution is -2.59. The van der Waals surface area contributed by atoms with Gasteiger partial charge in [-0.3, -0.25) is 9.69 Å². The van der Waals surface area contributed by atoms with E-state index in [-0.39, 0.29) is 30.7 Å². The van der Waals surface area contributed by atoms with Crippen molar-refractivity contribution < 1.29 is 14.1 Å². The third kappa shape index (κ3) is 5.28. The van der Waals surface area contributed by atoms with Gasteiger partial charge in [-0.05, 0) is 37.4 Å². The highest BCUT2D eigenvalue weighted by Crippen LogP contribution is 2.26. The van der Waals surface area contributed by atoms with Crippen LogP contribution < -0.4 is 5.32 Å². The van der Waals surface area contributed by atoms with Crippen molar-refractivity contribution in [2.24, 2.45) is 0 Å². The molecular formula is C18H27Cl2N5O3S. The second-order valence-corrected chi connectivity index (χ2v) is 7.95. The lowest BCUT2D eigenvalue weighted by molar-refractivity contribution is -0.160. The minimum Gasteiger partial charge on any atom is -0.368 e. The molecule has 0 bridgehead atoms. The fourth-order valence-corrected chi connectivity index (χ4v) is 4.40. The lowest BCUT2D eigenvalue weighted by Gasteiger charge is -2.42. The van der Waals surface area contributed by atoms with Crippen molar-refractivity contribution in [1.82, 2.24) is 25.3 Å². The first-order chi connectivity index (χ1) is 13.2. The predicted molar refractivity (Wildman–Crippen MR) is 116 cm³/mol. The van der Waals surface area contributed by atoms with Crippen molar-refractivity contribution in [2.75, 3.05) is 46.4 Å². The third-order valence-corrected chi connectivity index (χ3v) is 6.29. The van der Waals surface area contributed by atoms with E-state index in [2.05, 4.69) is 20.4 Å². The largest absolute Gasteiger partial charge is 0.368 e. The first kappa shape index (κ1) is 24.0. The number of thiophene rings is 1. The quantitative estimate of drug-likeness (QED) is 0.725. The molecule has 2 aliphatic rings. The molecule has 1 N–H and O–H groups in total. The molecule has 2 fully saturated rings. The number of rotatable bonds is 5. The van der Waals surface area contributed by atoms with Crippen LogP contribution in [-0.2, 0) is 16.1 Å². The van der Waals surface area contributed by atoms with Gasteiger partial charge in [-0.15, -0.1) is 36.2 Å². The molecule has 1 amide bonds. The van der Waals surface area contributed by atoms with Crippen molar-refractivity contribution in [3.05, 3.63) is 23.4 Å². The van der Waals surface area contributed by atoms with Gasteiger partial charge < -0.3 is 19.5 Å². The van der Waals surface area contributed by atoms with Crippen molar-refractivity contribution >= 4 is 42.1 Å². The van der Waals surface area contributed by atoms with Gasteiger partial charge in [-0.25, -0.2) is 0 Å². The molecule has 162 valence electrons. The van der Waals surface area contributed by atoms with Crippen LogP contribution in [0.15, 0.2) is 22.0 Å². The molecule has 2 saturated heterocycles. The van der Waals surface area contributed by atoms with E-state index in [1.54, 1.807) is 18.4 Å². The van der Waals surface area contributed by atoms with E-state index in [0.717, 1.165) is 43.9 Å². The molecule has 0 spiro atoms. The Hall–Kier alpha value is -1.23. The Morgan fingerprint density at radius 1 is 1.28 bits per heavy atom. The summed E-state index contributed by atoms with van der Waals surface area (Å²) in [6.45, 7) is 5.24. The van der Waals surface area contributed by atoms with Crippen molar-refractivity contribution in [3.8, 4) is 10.7 Å². The molecular weight excluding hydrogens is 437 g/mol. The molecule has 2 aliphatic heterocycles. The zero-order valence-corrected chi connectivity index (χ0v) is 18.8. The van der Waals surface area contributed by atoms with E-state index in [1.165, 1.54) is 0 Å². The molecule has 0 atom stereocenters. The Morgan fingerprint density at radius 3 is 2.62 bits per heavy atom. The van der Waals surface area contributed by atoms with Crippen molar-refractivity contribution in [3.63, 3.8) is 0 Å². The number of piperidine rings is 1. The third-order valence-electron chi connectivity index (χ3n) is 5.42. The van der Waals surface area contributed by atoms with Crippen LogP contribution in [0.1, 0.15) is 18.7 Å². The Morgan fingerprint density at radius 2 is 2.00 bits per heavy atom. The van der Waals surface area contributed by atoms with Gasteiger partial charge in [-0.1, -0.05) is 11.2 Å². The van der Waals surface area contributed by atoms with Crippen LogP contribution in [0.4, 0.5) is 0 Å². The number of methoxy groups -OCH3 is 1. The summed E-state index contributed by atoms with van der Waals surface area (Å²) in [5, 5.41) is 9.35. The molecule has 4 heterocycles. The molecule has 0 saturated carbocycles. The fourth-order valence-electron chi connectivity index (χ4n) is 3.75. The number of aromatic nitrogens is 2. The summed E-state index contributed by atoms with van der Waals surface area (Å²) in [4.78, 5) is 22.7. The SMILES string of the molecule is COC1(C(=O)N2CCN(Cc3nc(-c4cccs4)no3)CC2)CCNCC1.Cl.Cl. The Kier molecular flexibility index (Phi) is 8.87. The van der Waals surface area contributed by atoms with Crippen LogP contribution in [0.2, 0.25) is 0 Å². The minimum atomic E-state index is -0.657. The average molecular weight is 464 g/mol. The average Bonchev–Trinajstić information content (AvgIpc) is 3.40. The smallest absolute Gasteiger partial charge is 0.254 e. The van der Waals surface area contributed by atoms with Gasteiger partial charge in [-0.2, -0.15) is 4.98 Å². The molecule has 0 aliphatic carbocycles. The monoisotopic (exact) mass is 463 g/mol. The second kappa shape index (κ2) is 10.7. The number of piperazine rings is 1. The molecule has 29 heavy (non-hydrogen) atoms. The number of carbonyl (C=O) groups excluding carboxylic acids is 1. The van der Waals surface area contributed by atoms with Crippen LogP contribution in [0, 0.1) is 0 Å². The van der Waals surface area contributed by atoms with Gasteiger partial charge in [0, 0.05) is 33.3 Å². The topological polar surface area (TPSA) is 83.7 Å². The van der Waals surface area contributed by atoms with Gasteiger partial charge in [0.15, 0.2) is 0 Å². The van der Waals surface area contributed by atoms with Gasteiger partial charge >= 0.3 is 0 Å². The Labute approximate surface area is 186 Å². The number of ether oxygens (including phenoxy) is 1. The normalized spacial score (nSPS) is 19.3. The Balaban J connectivity index is 0.00000150. The van der Waals surface area contributed by atoms with E-state index in [1.807, 2.05) is 22.4 Å². The summed E-state index contributed by atoms with van der Waals surface area (Å²) in [6, 6.07) is 3.96. The summed E-state index contributed by atoms with van der Waals surface area (Å²) in [6.07, 6.45) is 1.46. The predicted octanol–water partition coefficient (Wildman–Crippen LogP) is 2.05. The van der Waals surface area contributed by atoms with E-state index in [9.17, 15) is 4.79 Å². The molecule has 0 radical (unpaired) electrons. The molecule has 0 unspecified atom stereocenters. The summed E-state index contributed by atoms with van der Waals surface area (Å²) in [5.74, 6) is 1.38. The molecule has 2 aromatic heterocycles. The summed E-state index contributed by atoms with van der Waals surface area (Å²) in [7, 11) is 1.65. The number of carbonyl (C=O) groups is 1. The summed E-state index contributed by atoms with van der Waals surface area (Å²) in [5.41, 5.74) is -0.657. The van der Waals surface area contributed by atoms with Gasteiger partial charge in [0.25, 0.3) is 5.91 Å². The number of hydrogen-bond donors (Lipinski definition) is 1. The van der Waals surface area contributed by atoms with E-state index < -0.39 is 5.60 Å². The van der Waals surface area contributed by atoms with Crippen LogP contribution in [0.3, 0.4) is 0 Å². The second-order valence-electron chi connectivity index (χ2n) is 7.01. The standard InChI is InChI=1S/C18H25N5O3S.2ClH/c1-25-18(4-6-19-7-5-18)17(24)23-10-8-22(9-11-23)13-15-20-16(21-26-15)14-3-2-12-27-14;;/h2-3,12,19H,4-11,13H2,1H3;2*1H. The summed E-state index contributed by atoms with van der Waals surface area (Å²) >= 11 is 1.60. The maximum atomic E-state index is 13.0. The van der Waals surface area contributed by atoms with Crippen LogP contribution in [-0.4, -0.2) is 77.8 Å². The van der Waals surface area contributed by atoms with Gasteiger partial charge in [0.1, 0.15) is 5.60 Å². The van der Waals surface area contributed by atoms with E-state index in [4.69, 9.17) is 9.26 Å². The number of nitrogens with zero attached hydrogens (tertiary/aromatic N) is 4. The maximum Gasteiger partial charge on any atom is 0.254 e. The van der Waals surface area contributed by atoms with Crippen molar-refractivity contribution in [2.45, 2.75) is 25.0 Å². The van der Waals surface area contributed by atoms with E-state index >= 15 is 0 Å². The van der Waals surface area contributed by atoms with Gasteiger partial charge in [0.05, 0.1) is 11.4 Å². The van der Waals surface area contributed by atoms with E-state index in [0.29, 0.717) is 31.3 Å². The highest BCUT2D eigenvalue weighted by atomic mass is 35.5. The molecule has 0 aromatic carbocycles.